The zero-order chi connectivity index (χ0) is 14.8. The number of hydrogen-bond acceptors (Lipinski definition) is 3. The number of aliphatic carboxylic acids is 1. The molecule has 0 rings (SSSR count). The van der Waals surface area contributed by atoms with E-state index in [2.05, 4.69) is 10.6 Å². The SMILES string of the molecule is CCC(CNC(=O)NCCC(C)S(C)=O)CC(=O)O. The van der Waals surface area contributed by atoms with Crippen molar-refractivity contribution in [1.29, 1.82) is 0 Å². The molecule has 3 unspecified atom stereocenters. The third kappa shape index (κ3) is 9.47. The summed E-state index contributed by atoms with van der Waals surface area (Å²) in [4.78, 5) is 22.0. The predicted molar refractivity (Wildman–Crippen MR) is 75.6 cm³/mol. The Balaban J connectivity index is 3.80. The highest BCUT2D eigenvalue weighted by Gasteiger charge is 2.12. The summed E-state index contributed by atoms with van der Waals surface area (Å²) in [7, 11) is -0.881. The van der Waals surface area contributed by atoms with Gasteiger partial charge in [0.1, 0.15) is 0 Å². The van der Waals surface area contributed by atoms with Crippen molar-refractivity contribution in [3.63, 3.8) is 0 Å². The normalized spacial score (nSPS) is 15.3. The highest BCUT2D eigenvalue weighted by atomic mass is 32.2. The standard InChI is InChI=1S/C12H24N2O4S/c1-4-10(7-11(15)16)8-14-12(17)13-6-5-9(2)19(3)18/h9-10H,4-8H2,1-3H3,(H,15,16)(H2,13,14,17). The third-order valence-corrected chi connectivity index (χ3v) is 4.36. The molecule has 0 bridgehead atoms. The van der Waals surface area contributed by atoms with E-state index in [0.29, 0.717) is 25.9 Å². The number of hydrogen-bond donors (Lipinski definition) is 3. The monoisotopic (exact) mass is 292 g/mol. The molecule has 7 heteroatoms. The predicted octanol–water partition coefficient (Wildman–Crippen LogP) is 0.944. The summed E-state index contributed by atoms with van der Waals surface area (Å²) >= 11 is 0. The van der Waals surface area contributed by atoms with Crippen LogP contribution in [0.5, 0.6) is 0 Å². The Morgan fingerprint density at radius 2 is 1.95 bits per heavy atom. The fraction of sp³-hybridized carbons (Fsp3) is 0.833. The number of amides is 2. The lowest BCUT2D eigenvalue weighted by Gasteiger charge is -2.14. The second kappa shape index (κ2) is 9.77. The first-order valence-electron chi connectivity index (χ1n) is 6.42. The molecule has 0 saturated carbocycles. The van der Waals surface area contributed by atoms with Gasteiger partial charge in [0.05, 0.1) is 0 Å². The first kappa shape index (κ1) is 17.9. The molecule has 0 radical (unpaired) electrons. The van der Waals surface area contributed by atoms with E-state index in [1.54, 1.807) is 6.26 Å². The molecule has 0 aromatic heterocycles. The lowest BCUT2D eigenvalue weighted by Crippen LogP contribution is -2.39. The molecular weight excluding hydrogens is 268 g/mol. The van der Waals surface area contributed by atoms with Gasteiger partial charge in [-0.1, -0.05) is 20.3 Å². The molecule has 0 aromatic carbocycles. The molecule has 0 heterocycles. The second-order valence-electron chi connectivity index (χ2n) is 4.61. The van der Waals surface area contributed by atoms with Gasteiger partial charge in [-0.2, -0.15) is 0 Å². The average molecular weight is 292 g/mol. The molecule has 0 fully saturated rings. The number of urea groups is 1. The summed E-state index contributed by atoms with van der Waals surface area (Å²) in [5.41, 5.74) is 0. The fourth-order valence-electron chi connectivity index (χ4n) is 1.46. The van der Waals surface area contributed by atoms with Gasteiger partial charge in [-0.15, -0.1) is 0 Å². The number of carboxylic acid groups (broad SMARTS) is 1. The lowest BCUT2D eigenvalue weighted by molar-refractivity contribution is -0.138. The van der Waals surface area contributed by atoms with Crippen molar-refractivity contribution in [3.05, 3.63) is 0 Å². The van der Waals surface area contributed by atoms with Crippen LogP contribution in [-0.4, -0.2) is 45.9 Å². The molecule has 2 amide bonds. The smallest absolute Gasteiger partial charge is 0.314 e. The number of nitrogens with one attached hydrogen (secondary N) is 2. The molecule has 19 heavy (non-hydrogen) atoms. The molecule has 0 aliphatic heterocycles. The highest BCUT2D eigenvalue weighted by molar-refractivity contribution is 7.84. The Hall–Kier alpha value is -1.11. The van der Waals surface area contributed by atoms with Gasteiger partial charge in [-0.3, -0.25) is 9.00 Å². The van der Waals surface area contributed by atoms with Crippen molar-refractivity contribution >= 4 is 22.8 Å². The van der Waals surface area contributed by atoms with Crippen LogP contribution < -0.4 is 10.6 Å². The van der Waals surface area contributed by atoms with Crippen LogP contribution in [-0.2, 0) is 15.6 Å². The van der Waals surface area contributed by atoms with Crippen LogP contribution in [0.15, 0.2) is 0 Å². The Morgan fingerprint density at radius 3 is 2.42 bits per heavy atom. The van der Waals surface area contributed by atoms with Crippen LogP contribution in [0.3, 0.4) is 0 Å². The van der Waals surface area contributed by atoms with E-state index in [4.69, 9.17) is 5.11 Å². The average Bonchev–Trinajstić information content (AvgIpc) is 2.33. The van der Waals surface area contributed by atoms with Crippen LogP contribution in [0.25, 0.3) is 0 Å². The zero-order valence-electron chi connectivity index (χ0n) is 11.8. The molecule has 0 aliphatic rings. The van der Waals surface area contributed by atoms with E-state index >= 15 is 0 Å². The maximum absolute atomic E-state index is 11.5. The van der Waals surface area contributed by atoms with Crippen molar-refractivity contribution in [3.8, 4) is 0 Å². The number of carbonyl (C=O) groups is 2. The molecule has 112 valence electrons. The van der Waals surface area contributed by atoms with Crippen LogP contribution in [0.1, 0.15) is 33.1 Å². The third-order valence-electron chi connectivity index (χ3n) is 2.99. The van der Waals surface area contributed by atoms with Gasteiger partial charge in [0.25, 0.3) is 0 Å². The van der Waals surface area contributed by atoms with Crippen molar-refractivity contribution in [2.75, 3.05) is 19.3 Å². The van der Waals surface area contributed by atoms with E-state index in [1.165, 1.54) is 0 Å². The molecule has 0 saturated heterocycles. The molecule has 0 spiro atoms. The summed E-state index contributed by atoms with van der Waals surface area (Å²) in [5.74, 6) is -0.904. The number of carbonyl (C=O) groups excluding carboxylic acids is 1. The Morgan fingerprint density at radius 1 is 1.32 bits per heavy atom. The molecule has 3 N–H and O–H groups in total. The maximum Gasteiger partial charge on any atom is 0.314 e. The number of rotatable bonds is 9. The van der Waals surface area contributed by atoms with Gasteiger partial charge in [-0.05, 0) is 12.3 Å². The van der Waals surface area contributed by atoms with Gasteiger partial charge < -0.3 is 15.7 Å². The summed E-state index contributed by atoms with van der Waals surface area (Å²) < 4.78 is 11.1. The molecule has 0 aliphatic carbocycles. The second-order valence-corrected chi connectivity index (χ2v) is 6.41. The molecule has 0 aromatic rings. The molecule has 6 nitrogen and oxygen atoms in total. The van der Waals surface area contributed by atoms with Gasteiger partial charge in [0.2, 0.25) is 0 Å². The molecular formula is C12H24N2O4S. The van der Waals surface area contributed by atoms with E-state index in [9.17, 15) is 13.8 Å². The minimum atomic E-state index is -0.881. The van der Waals surface area contributed by atoms with Crippen LogP contribution >= 0.6 is 0 Å². The quantitative estimate of drug-likeness (QED) is 0.589. The van der Waals surface area contributed by atoms with E-state index in [1.807, 2.05) is 13.8 Å². The van der Waals surface area contributed by atoms with Gasteiger partial charge in [0.15, 0.2) is 0 Å². The van der Waals surface area contributed by atoms with Crippen LogP contribution in [0.2, 0.25) is 0 Å². The Kier molecular flexibility index (Phi) is 9.20. The maximum atomic E-state index is 11.5. The fourth-order valence-corrected chi connectivity index (χ4v) is 1.91. The summed E-state index contributed by atoms with van der Waals surface area (Å²) in [6.07, 6.45) is 3.06. The first-order chi connectivity index (χ1) is 8.86. The minimum Gasteiger partial charge on any atom is -0.481 e. The van der Waals surface area contributed by atoms with Gasteiger partial charge in [0, 0.05) is 41.8 Å². The largest absolute Gasteiger partial charge is 0.481 e. The zero-order valence-corrected chi connectivity index (χ0v) is 12.6. The summed E-state index contributed by atoms with van der Waals surface area (Å²) in [6.45, 7) is 4.58. The summed E-state index contributed by atoms with van der Waals surface area (Å²) in [6, 6.07) is -0.307. The van der Waals surface area contributed by atoms with Crippen molar-refractivity contribution in [1.82, 2.24) is 10.6 Å². The Labute approximate surface area is 116 Å². The van der Waals surface area contributed by atoms with Crippen molar-refractivity contribution in [2.45, 2.75) is 38.4 Å². The van der Waals surface area contributed by atoms with Gasteiger partial charge >= 0.3 is 12.0 Å². The lowest BCUT2D eigenvalue weighted by atomic mass is 10.0. The topological polar surface area (TPSA) is 95.5 Å². The van der Waals surface area contributed by atoms with E-state index in [-0.39, 0.29) is 23.6 Å². The van der Waals surface area contributed by atoms with Crippen molar-refractivity contribution < 1.29 is 18.9 Å². The van der Waals surface area contributed by atoms with E-state index in [0.717, 1.165) is 0 Å². The highest BCUT2D eigenvalue weighted by Crippen LogP contribution is 2.06. The van der Waals surface area contributed by atoms with E-state index < -0.39 is 16.8 Å². The molecule has 3 atom stereocenters. The van der Waals surface area contributed by atoms with Crippen LogP contribution in [0.4, 0.5) is 4.79 Å². The summed E-state index contributed by atoms with van der Waals surface area (Å²) in [5, 5.41) is 14.1. The van der Waals surface area contributed by atoms with Gasteiger partial charge in [-0.25, -0.2) is 4.79 Å². The van der Waals surface area contributed by atoms with Crippen molar-refractivity contribution in [2.24, 2.45) is 5.92 Å². The number of carboxylic acids is 1. The Bertz CT molecular complexity index is 323. The minimum absolute atomic E-state index is 0.0506. The van der Waals surface area contributed by atoms with Crippen LogP contribution in [0, 0.1) is 5.92 Å². The first-order valence-corrected chi connectivity index (χ1v) is 8.04.